The van der Waals surface area contributed by atoms with Crippen molar-refractivity contribution >= 4 is 5.91 Å². The molecule has 122 valence electrons. The molecular formula is C16H22F2N2O2. The fraction of sp³-hybridized carbons (Fsp3) is 0.562. The molecule has 2 rings (SSSR count). The van der Waals surface area contributed by atoms with E-state index in [0.717, 1.165) is 12.5 Å². The third-order valence-corrected chi connectivity index (χ3v) is 3.86. The second-order valence-electron chi connectivity index (χ2n) is 5.61. The second-order valence-corrected chi connectivity index (χ2v) is 5.61. The van der Waals surface area contributed by atoms with Crippen LogP contribution in [-0.4, -0.2) is 36.0 Å². The Morgan fingerprint density at radius 1 is 1.41 bits per heavy atom. The van der Waals surface area contributed by atoms with Gasteiger partial charge in [-0.25, -0.2) is 8.78 Å². The Labute approximate surface area is 129 Å². The fourth-order valence-corrected chi connectivity index (χ4v) is 2.61. The highest BCUT2D eigenvalue weighted by Crippen LogP contribution is 2.23. The molecule has 6 heteroatoms. The molecule has 0 spiro atoms. The number of rotatable bonds is 5. The summed E-state index contributed by atoms with van der Waals surface area (Å²) in [5.41, 5.74) is 5.84. The molecule has 1 unspecified atom stereocenters. The summed E-state index contributed by atoms with van der Waals surface area (Å²) >= 11 is 0. The number of piperidine rings is 1. The third kappa shape index (κ3) is 4.16. The lowest BCUT2D eigenvalue weighted by Crippen LogP contribution is -2.48. The maximum absolute atomic E-state index is 13.6. The molecule has 1 heterocycles. The molecule has 0 saturated carbocycles. The number of amides is 1. The van der Waals surface area contributed by atoms with Gasteiger partial charge in [-0.15, -0.1) is 0 Å². The maximum atomic E-state index is 13.6. The van der Waals surface area contributed by atoms with Crippen LogP contribution in [0, 0.1) is 11.6 Å². The van der Waals surface area contributed by atoms with E-state index in [1.54, 1.807) is 4.90 Å². The molecule has 1 amide bonds. The molecule has 1 aromatic rings. The third-order valence-electron chi connectivity index (χ3n) is 3.86. The van der Waals surface area contributed by atoms with Crippen molar-refractivity contribution in [2.24, 2.45) is 5.73 Å². The fourth-order valence-electron chi connectivity index (χ4n) is 2.61. The summed E-state index contributed by atoms with van der Waals surface area (Å²) < 4.78 is 32.0. The van der Waals surface area contributed by atoms with Crippen molar-refractivity contribution in [1.82, 2.24) is 4.90 Å². The first-order chi connectivity index (χ1) is 10.5. The standard InChI is InChI=1S/C16H22F2N2O2/c1-2-3-14(19)16(21)20-8-6-12(7-9-20)22-15-5-4-11(17)10-13(15)18/h4-5,10,12,14H,2-3,6-9,19H2,1H3. The largest absolute Gasteiger partial charge is 0.487 e. The number of carbonyl (C=O) groups excluding carboxylic acids is 1. The van der Waals surface area contributed by atoms with E-state index in [1.807, 2.05) is 6.92 Å². The number of benzene rings is 1. The van der Waals surface area contributed by atoms with Crippen molar-refractivity contribution in [3.63, 3.8) is 0 Å². The normalized spacial score (nSPS) is 17.4. The van der Waals surface area contributed by atoms with Gasteiger partial charge in [0.2, 0.25) is 5.91 Å². The zero-order valence-electron chi connectivity index (χ0n) is 12.7. The van der Waals surface area contributed by atoms with Crippen LogP contribution in [0.15, 0.2) is 18.2 Å². The van der Waals surface area contributed by atoms with Gasteiger partial charge in [-0.3, -0.25) is 4.79 Å². The zero-order chi connectivity index (χ0) is 16.1. The SMILES string of the molecule is CCCC(N)C(=O)N1CCC(Oc2ccc(F)cc2F)CC1. The average molecular weight is 312 g/mol. The summed E-state index contributed by atoms with van der Waals surface area (Å²) in [5, 5.41) is 0. The van der Waals surface area contributed by atoms with E-state index in [1.165, 1.54) is 12.1 Å². The lowest BCUT2D eigenvalue weighted by atomic mass is 10.1. The number of hydrogen-bond acceptors (Lipinski definition) is 3. The van der Waals surface area contributed by atoms with Crippen LogP contribution in [0.3, 0.4) is 0 Å². The number of hydrogen-bond donors (Lipinski definition) is 1. The quantitative estimate of drug-likeness (QED) is 0.908. The molecular weight excluding hydrogens is 290 g/mol. The second kappa shape index (κ2) is 7.54. The molecule has 0 bridgehead atoms. The number of carbonyl (C=O) groups is 1. The van der Waals surface area contributed by atoms with Crippen molar-refractivity contribution in [3.05, 3.63) is 29.8 Å². The minimum atomic E-state index is -0.705. The monoisotopic (exact) mass is 312 g/mol. The molecule has 2 N–H and O–H groups in total. The van der Waals surface area contributed by atoms with Gasteiger partial charge in [-0.05, 0) is 18.6 Å². The molecule has 1 aliphatic heterocycles. The molecule has 0 aliphatic carbocycles. The van der Waals surface area contributed by atoms with E-state index in [2.05, 4.69) is 0 Å². The molecule has 0 aromatic heterocycles. The molecule has 0 radical (unpaired) electrons. The highest BCUT2D eigenvalue weighted by molar-refractivity contribution is 5.81. The van der Waals surface area contributed by atoms with E-state index < -0.39 is 17.7 Å². The molecule has 4 nitrogen and oxygen atoms in total. The van der Waals surface area contributed by atoms with Gasteiger partial charge in [0.15, 0.2) is 11.6 Å². The van der Waals surface area contributed by atoms with Crippen LogP contribution in [0.1, 0.15) is 32.6 Å². The van der Waals surface area contributed by atoms with Gasteiger partial charge < -0.3 is 15.4 Å². The smallest absolute Gasteiger partial charge is 0.239 e. The Kier molecular flexibility index (Phi) is 5.71. The van der Waals surface area contributed by atoms with Gasteiger partial charge in [0.1, 0.15) is 11.9 Å². The van der Waals surface area contributed by atoms with Crippen molar-refractivity contribution in [2.45, 2.75) is 44.8 Å². The van der Waals surface area contributed by atoms with Gasteiger partial charge >= 0.3 is 0 Å². The molecule has 1 saturated heterocycles. The van der Waals surface area contributed by atoms with Gasteiger partial charge in [-0.1, -0.05) is 13.3 Å². The first-order valence-corrected chi connectivity index (χ1v) is 7.67. The van der Waals surface area contributed by atoms with E-state index >= 15 is 0 Å². The summed E-state index contributed by atoms with van der Waals surface area (Å²) in [6.45, 7) is 3.08. The lowest BCUT2D eigenvalue weighted by Gasteiger charge is -2.33. The van der Waals surface area contributed by atoms with Crippen molar-refractivity contribution < 1.29 is 18.3 Å². The van der Waals surface area contributed by atoms with Crippen LogP contribution in [0.4, 0.5) is 8.78 Å². The Morgan fingerprint density at radius 3 is 2.68 bits per heavy atom. The van der Waals surface area contributed by atoms with Crippen LogP contribution in [0.25, 0.3) is 0 Å². The van der Waals surface area contributed by atoms with Gasteiger partial charge in [-0.2, -0.15) is 0 Å². The summed E-state index contributed by atoms with van der Waals surface area (Å²) in [6.07, 6.45) is 2.60. The van der Waals surface area contributed by atoms with E-state index in [-0.39, 0.29) is 17.8 Å². The van der Waals surface area contributed by atoms with Crippen LogP contribution in [0.2, 0.25) is 0 Å². The molecule has 1 atom stereocenters. The number of nitrogens with two attached hydrogens (primary N) is 1. The van der Waals surface area contributed by atoms with Crippen LogP contribution in [-0.2, 0) is 4.79 Å². The summed E-state index contributed by atoms with van der Waals surface area (Å²) in [4.78, 5) is 13.8. The highest BCUT2D eigenvalue weighted by Gasteiger charge is 2.27. The summed E-state index contributed by atoms with van der Waals surface area (Å²) in [6, 6.07) is 2.81. The molecule has 1 aromatic carbocycles. The first kappa shape index (κ1) is 16.7. The van der Waals surface area contributed by atoms with E-state index in [0.29, 0.717) is 32.4 Å². The summed E-state index contributed by atoms with van der Waals surface area (Å²) in [7, 11) is 0. The molecule has 1 aliphatic rings. The van der Waals surface area contributed by atoms with Gasteiger partial charge in [0, 0.05) is 32.0 Å². The topological polar surface area (TPSA) is 55.6 Å². The van der Waals surface area contributed by atoms with Crippen LogP contribution in [0.5, 0.6) is 5.75 Å². The van der Waals surface area contributed by atoms with E-state index in [4.69, 9.17) is 10.5 Å². The maximum Gasteiger partial charge on any atom is 0.239 e. The molecule has 1 fully saturated rings. The summed E-state index contributed by atoms with van der Waals surface area (Å²) in [5.74, 6) is -1.32. The number of ether oxygens (including phenoxy) is 1. The highest BCUT2D eigenvalue weighted by atomic mass is 19.1. The Morgan fingerprint density at radius 2 is 2.09 bits per heavy atom. The van der Waals surface area contributed by atoms with Crippen molar-refractivity contribution in [1.29, 1.82) is 0 Å². The van der Waals surface area contributed by atoms with Crippen molar-refractivity contribution in [3.8, 4) is 5.75 Å². The van der Waals surface area contributed by atoms with Crippen LogP contribution >= 0.6 is 0 Å². The van der Waals surface area contributed by atoms with Crippen molar-refractivity contribution in [2.75, 3.05) is 13.1 Å². The number of likely N-dealkylation sites (tertiary alicyclic amines) is 1. The average Bonchev–Trinajstić information content (AvgIpc) is 2.50. The van der Waals surface area contributed by atoms with Crippen LogP contribution < -0.4 is 10.5 Å². The predicted molar refractivity (Wildman–Crippen MR) is 79.5 cm³/mol. The minimum Gasteiger partial charge on any atom is -0.487 e. The Hall–Kier alpha value is -1.69. The zero-order valence-corrected chi connectivity index (χ0v) is 12.7. The predicted octanol–water partition coefficient (Wildman–Crippen LogP) is 2.46. The number of halogens is 2. The van der Waals surface area contributed by atoms with Gasteiger partial charge in [0.25, 0.3) is 0 Å². The first-order valence-electron chi connectivity index (χ1n) is 7.67. The Bertz CT molecular complexity index is 517. The molecule has 22 heavy (non-hydrogen) atoms. The minimum absolute atomic E-state index is 0.0340. The van der Waals surface area contributed by atoms with Gasteiger partial charge in [0.05, 0.1) is 6.04 Å². The number of nitrogens with zero attached hydrogens (tertiary/aromatic N) is 1. The Balaban J connectivity index is 1.85. The van der Waals surface area contributed by atoms with E-state index in [9.17, 15) is 13.6 Å². The lowest BCUT2D eigenvalue weighted by molar-refractivity contribution is -0.134.